The molecule has 1 aliphatic rings. The van der Waals surface area contributed by atoms with Crippen LogP contribution in [0.5, 0.6) is 0 Å². The quantitative estimate of drug-likeness (QED) is 0.672. The van der Waals surface area contributed by atoms with E-state index in [-0.39, 0.29) is 10.7 Å². The fraction of sp³-hybridized carbons (Fsp3) is 0.500. The summed E-state index contributed by atoms with van der Waals surface area (Å²) in [4.78, 5) is 12.5. The first-order valence-electron chi connectivity index (χ1n) is 5.98. The lowest BCUT2D eigenvalue weighted by Gasteiger charge is -2.23. The molecular formula is C12H16ClN3O2. The minimum atomic E-state index is -0.468. The molecule has 1 atom stereocenters. The maximum Gasteiger partial charge on any atom is 0.287 e. The topological polar surface area (TPSA) is 72.4 Å². The fourth-order valence-electron chi connectivity index (χ4n) is 2.40. The van der Waals surface area contributed by atoms with Gasteiger partial charge in [-0.15, -0.1) is 0 Å². The van der Waals surface area contributed by atoms with Crippen molar-refractivity contribution in [3.05, 3.63) is 38.9 Å². The van der Waals surface area contributed by atoms with E-state index in [1.165, 1.54) is 6.07 Å². The van der Waals surface area contributed by atoms with E-state index in [4.69, 9.17) is 17.3 Å². The first-order valence-corrected chi connectivity index (χ1v) is 6.36. The summed E-state index contributed by atoms with van der Waals surface area (Å²) in [6, 6.07) is 5.31. The van der Waals surface area contributed by atoms with Gasteiger partial charge in [-0.2, -0.15) is 0 Å². The molecule has 2 N–H and O–H groups in total. The maximum atomic E-state index is 10.7. The highest BCUT2D eigenvalue weighted by Crippen LogP contribution is 2.27. The van der Waals surface area contributed by atoms with E-state index >= 15 is 0 Å². The smallest absolute Gasteiger partial charge is 0.287 e. The predicted molar refractivity (Wildman–Crippen MR) is 70.6 cm³/mol. The summed E-state index contributed by atoms with van der Waals surface area (Å²) < 4.78 is 0. The van der Waals surface area contributed by atoms with Gasteiger partial charge in [0.2, 0.25) is 0 Å². The molecule has 1 aromatic carbocycles. The predicted octanol–water partition coefficient (Wildman–Crippen LogP) is 2.17. The van der Waals surface area contributed by atoms with E-state index in [9.17, 15) is 10.1 Å². The lowest BCUT2D eigenvalue weighted by atomic mass is 10.1. The zero-order chi connectivity index (χ0) is 13.1. The van der Waals surface area contributed by atoms with Crippen molar-refractivity contribution in [3.8, 4) is 0 Å². The highest BCUT2D eigenvalue weighted by atomic mass is 35.5. The van der Waals surface area contributed by atoms with Crippen LogP contribution in [-0.2, 0) is 6.54 Å². The highest BCUT2D eigenvalue weighted by molar-refractivity contribution is 6.32. The van der Waals surface area contributed by atoms with Crippen molar-refractivity contribution in [2.24, 2.45) is 5.73 Å². The van der Waals surface area contributed by atoms with Crippen LogP contribution in [0.15, 0.2) is 18.2 Å². The van der Waals surface area contributed by atoms with Gasteiger partial charge < -0.3 is 5.73 Å². The van der Waals surface area contributed by atoms with Crippen LogP contribution >= 0.6 is 11.6 Å². The van der Waals surface area contributed by atoms with Crippen molar-refractivity contribution in [1.82, 2.24) is 4.90 Å². The molecule has 2 rings (SSSR count). The average molecular weight is 270 g/mol. The molecule has 1 aromatic rings. The number of nitro groups is 1. The molecular weight excluding hydrogens is 254 g/mol. The van der Waals surface area contributed by atoms with Gasteiger partial charge in [0, 0.05) is 25.2 Å². The molecule has 0 radical (unpaired) electrons. The molecule has 0 spiro atoms. The van der Waals surface area contributed by atoms with E-state index in [1.807, 2.05) is 0 Å². The second-order valence-corrected chi connectivity index (χ2v) is 4.95. The summed E-state index contributed by atoms with van der Waals surface area (Å²) in [6.45, 7) is 2.43. The summed E-state index contributed by atoms with van der Waals surface area (Å²) in [6.07, 6.45) is 2.28. The number of nitrogens with zero attached hydrogens (tertiary/aromatic N) is 2. The normalized spacial score (nSPS) is 20.2. The van der Waals surface area contributed by atoms with Gasteiger partial charge in [0.15, 0.2) is 0 Å². The van der Waals surface area contributed by atoms with Gasteiger partial charge in [0.1, 0.15) is 5.02 Å². The number of nitro benzene ring substituents is 1. The SMILES string of the molecule is NCC1CCCN1Cc1ccc([N+](=O)[O-])c(Cl)c1. The summed E-state index contributed by atoms with van der Waals surface area (Å²) in [5.41, 5.74) is 6.66. The molecule has 0 bridgehead atoms. The fourth-order valence-corrected chi connectivity index (χ4v) is 2.67. The van der Waals surface area contributed by atoms with E-state index in [0.29, 0.717) is 12.6 Å². The van der Waals surface area contributed by atoms with Crippen LogP contribution in [0.4, 0.5) is 5.69 Å². The number of hydrogen-bond acceptors (Lipinski definition) is 4. The third-order valence-corrected chi connectivity index (χ3v) is 3.67. The van der Waals surface area contributed by atoms with Crippen molar-refractivity contribution in [2.75, 3.05) is 13.1 Å². The number of halogens is 1. The first kappa shape index (κ1) is 13.3. The van der Waals surface area contributed by atoms with Crippen LogP contribution in [0.25, 0.3) is 0 Å². The minimum absolute atomic E-state index is 0.0442. The molecule has 18 heavy (non-hydrogen) atoms. The molecule has 0 saturated carbocycles. The second-order valence-electron chi connectivity index (χ2n) is 4.55. The summed E-state index contributed by atoms with van der Waals surface area (Å²) in [5.74, 6) is 0. The van der Waals surface area contributed by atoms with E-state index < -0.39 is 4.92 Å². The van der Waals surface area contributed by atoms with Crippen LogP contribution in [0.3, 0.4) is 0 Å². The van der Waals surface area contributed by atoms with Gasteiger partial charge in [0.25, 0.3) is 5.69 Å². The molecule has 1 aliphatic heterocycles. The number of rotatable bonds is 4. The largest absolute Gasteiger partial charge is 0.329 e. The third kappa shape index (κ3) is 2.80. The van der Waals surface area contributed by atoms with Crippen LogP contribution in [0.1, 0.15) is 18.4 Å². The molecule has 1 fully saturated rings. The monoisotopic (exact) mass is 269 g/mol. The lowest BCUT2D eigenvalue weighted by molar-refractivity contribution is -0.384. The molecule has 5 nitrogen and oxygen atoms in total. The molecule has 0 amide bonds. The number of nitrogens with two attached hydrogens (primary N) is 1. The van der Waals surface area contributed by atoms with Gasteiger partial charge in [-0.1, -0.05) is 17.7 Å². The Morgan fingerprint density at radius 1 is 1.56 bits per heavy atom. The second kappa shape index (κ2) is 5.65. The number of benzene rings is 1. The summed E-state index contributed by atoms with van der Waals surface area (Å²) in [5, 5.41) is 10.9. The average Bonchev–Trinajstić information content (AvgIpc) is 2.76. The van der Waals surface area contributed by atoms with Crippen molar-refractivity contribution in [3.63, 3.8) is 0 Å². The Morgan fingerprint density at radius 3 is 2.94 bits per heavy atom. The molecule has 0 aromatic heterocycles. The van der Waals surface area contributed by atoms with Gasteiger partial charge in [-0.3, -0.25) is 15.0 Å². The van der Waals surface area contributed by atoms with E-state index in [1.54, 1.807) is 12.1 Å². The minimum Gasteiger partial charge on any atom is -0.329 e. The van der Waals surface area contributed by atoms with Crippen LogP contribution in [0, 0.1) is 10.1 Å². The van der Waals surface area contributed by atoms with Crippen molar-refractivity contribution >= 4 is 17.3 Å². The Labute approximate surface area is 111 Å². The number of likely N-dealkylation sites (tertiary alicyclic amines) is 1. The molecule has 1 saturated heterocycles. The van der Waals surface area contributed by atoms with Crippen molar-refractivity contribution < 1.29 is 4.92 Å². The summed E-state index contributed by atoms with van der Waals surface area (Å²) >= 11 is 5.90. The third-order valence-electron chi connectivity index (χ3n) is 3.37. The van der Waals surface area contributed by atoms with Gasteiger partial charge in [-0.05, 0) is 31.0 Å². The molecule has 98 valence electrons. The van der Waals surface area contributed by atoms with Crippen LogP contribution in [-0.4, -0.2) is 29.0 Å². The summed E-state index contributed by atoms with van der Waals surface area (Å²) in [7, 11) is 0. The molecule has 0 aliphatic carbocycles. The van der Waals surface area contributed by atoms with Crippen LogP contribution in [0.2, 0.25) is 5.02 Å². The van der Waals surface area contributed by atoms with E-state index in [0.717, 1.165) is 31.5 Å². The zero-order valence-electron chi connectivity index (χ0n) is 10.0. The Balaban J connectivity index is 2.10. The molecule has 1 heterocycles. The van der Waals surface area contributed by atoms with Gasteiger partial charge in [-0.25, -0.2) is 0 Å². The van der Waals surface area contributed by atoms with Crippen molar-refractivity contribution in [2.45, 2.75) is 25.4 Å². The van der Waals surface area contributed by atoms with E-state index in [2.05, 4.69) is 4.90 Å². The van der Waals surface area contributed by atoms with Gasteiger partial charge in [0.05, 0.1) is 4.92 Å². The van der Waals surface area contributed by atoms with Gasteiger partial charge >= 0.3 is 0 Å². The Hall–Kier alpha value is -1.17. The standard InChI is InChI=1S/C12H16ClN3O2/c13-11-6-9(3-4-12(11)16(17)18)8-15-5-1-2-10(15)7-14/h3-4,6,10H,1-2,5,7-8,14H2. The molecule has 6 heteroatoms. The Morgan fingerprint density at radius 2 is 2.33 bits per heavy atom. The maximum absolute atomic E-state index is 10.7. The first-order chi connectivity index (χ1) is 8.61. The zero-order valence-corrected chi connectivity index (χ0v) is 10.8. The Kier molecular flexibility index (Phi) is 4.16. The van der Waals surface area contributed by atoms with Crippen LogP contribution < -0.4 is 5.73 Å². The number of hydrogen-bond donors (Lipinski definition) is 1. The highest BCUT2D eigenvalue weighted by Gasteiger charge is 2.23. The lowest BCUT2D eigenvalue weighted by Crippen LogP contribution is -2.34. The van der Waals surface area contributed by atoms with Crippen molar-refractivity contribution in [1.29, 1.82) is 0 Å². The molecule has 1 unspecified atom stereocenters. The Bertz CT molecular complexity index is 453.